The Hall–Kier alpha value is -3.67. The number of unbranched alkanes of at least 4 members (excludes halogenated alkanes) is 21. The van der Waals surface area contributed by atoms with Gasteiger partial charge in [0.2, 0.25) is 0 Å². The van der Waals surface area contributed by atoms with Crippen LogP contribution in [0.5, 0.6) is 0 Å². The standard InChI is InChI=1S/C60H100O6/c1-4-7-10-13-16-19-22-25-28-29-30-31-33-35-38-41-44-47-50-53-59(62)65-56-57(55-64-58(61)52-49-46-43-40-37-34-27-24-21-18-15-12-9-6-3)66-60(63)54-51-48-45-42-39-36-32-26-23-20-17-14-11-8-5-2/h15-20,24-28,30-32,35,38,57H,4-14,21-23,29,33-34,36-37,39-56H2,1-3H3/b18-15-,19-16-,20-17-,27-24-,28-25-,31-30-,32-26-,38-35-/t57-/m1/s1. The van der Waals surface area contributed by atoms with E-state index in [1.807, 2.05) is 0 Å². The summed E-state index contributed by atoms with van der Waals surface area (Å²) in [7, 11) is 0. The third kappa shape index (κ3) is 51.3. The van der Waals surface area contributed by atoms with E-state index in [-0.39, 0.29) is 31.1 Å². The second-order valence-corrected chi connectivity index (χ2v) is 17.8. The van der Waals surface area contributed by atoms with E-state index in [1.165, 1.54) is 70.6 Å². The molecule has 0 bridgehead atoms. The Bertz CT molecular complexity index is 1330. The van der Waals surface area contributed by atoms with Crippen molar-refractivity contribution < 1.29 is 28.6 Å². The van der Waals surface area contributed by atoms with Crippen LogP contribution in [0.15, 0.2) is 97.2 Å². The van der Waals surface area contributed by atoms with Gasteiger partial charge in [-0.15, -0.1) is 0 Å². The molecule has 66 heavy (non-hydrogen) atoms. The maximum Gasteiger partial charge on any atom is 0.306 e. The molecule has 1 atom stereocenters. The highest BCUT2D eigenvalue weighted by atomic mass is 16.6. The van der Waals surface area contributed by atoms with Crippen LogP contribution in [0, 0.1) is 0 Å². The van der Waals surface area contributed by atoms with Crippen LogP contribution in [-0.4, -0.2) is 37.2 Å². The van der Waals surface area contributed by atoms with Crippen molar-refractivity contribution in [3.8, 4) is 0 Å². The van der Waals surface area contributed by atoms with Crippen molar-refractivity contribution in [2.24, 2.45) is 0 Å². The average Bonchev–Trinajstić information content (AvgIpc) is 3.31. The largest absolute Gasteiger partial charge is 0.462 e. The Labute approximate surface area is 407 Å². The number of esters is 3. The van der Waals surface area contributed by atoms with E-state index >= 15 is 0 Å². The first-order valence-electron chi connectivity index (χ1n) is 27.2. The second-order valence-electron chi connectivity index (χ2n) is 17.8. The molecule has 0 unspecified atom stereocenters. The van der Waals surface area contributed by atoms with Gasteiger partial charge in [0.25, 0.3) is 0 Å². The van der Waals surface area contributed by atoms with Gasteiger partial charge in [0.15, 0.2) is 6.10 Å². The molecule has 0 aromatic carbocycles. The van der Waals surface area contributed by atoms with Gasteiger partial charge in [0, 0.05) is 19.3 Å². The zero-order valence-corrected chi connectivity index (χ0v) is 42.9. The van der Waals surface area contributed by atoms with Crippen molar-refractivity contribution in [1.82, 2.24) is 0 Å². The first-order valence-corrected chi connectivity index (χ1v) is 27.2. The van der Waals surface area contributed by atoms with Gasteiger partial charge in [-0.2, -0.15) is 0 Å². The van der Waals surface area contributed by atoms with Gasteiger partial charge in [0.05, 0.1) is 0 Å². The van der Waals surface area contributed by atoms with Gasteiger partial charge >= 0.3 is 17.9 Å². The first kappa shape index (κ1) is 62.3. The molecule has 0 radical (unpaired) electrons. The molecule has 0 spiro atoms. The molecule has 0 amide bonds. The van der Waals surface area contributed by atoms with Crippen LogP contribution in [-0.2, 0) is 28.6 Å². The smallest absolute Gasteiger partial charge is 0.306 e. The summed E-state index contributed by atoms with van der Waals surface area (Å²) in [5, 5.41) is 0. The predicted octanol–water partition coefficient (Wildman–Crippen LogP) is 18.1. The van der Waals surface area contributed by atoms with Crippen LogP contribution in [0.25, 0.3) is 0 Å². The minimum Gasteiger partial charge on any atom is -0.462 e. The molecule has 0 saturated carbocycles. The molecule has 0 aromatic rings. The zero-order valence-electron chi connectivity index (χ0n) is 42.9. The van der Waals surface area contributed by atoms with Crippen LogP contribution in [0.2, 0.25) is 0 Å². The van der Waals surface area contributed by atoms with E-state index in [0.29, 0.717) is 19.3 Å². The number of hydrogen-bond donors (Lipinski definition) is 0. The summed E-state index contributed by atoms with van der Waals surface area (Å²) in [6.45, 7) is 6.49. The summed E-state index contributed by atoms with van der Waals surface area (Å²) in [6, 6.07) is 0. The van der Waals surface area contributed by atoms with E-state index in [0.717, 1.165) is 135 Å². The lowest BCUT2D eigenvalue weighted by atomic mass is 10.1. The van der Waals surface area contributed by atoms with E-state index < -0.39 is 6.10 Å². The fourth-order valence-corrected chi connectivity index (χ4v) is 7.12. The highest BCUT2D eigenvalue weighted by molar-refractivity contribution is 5.71. The fraction of sp³-hybridized carbons (Fsp3) is 0.683. The number of carbonyl (C=O) groups excluding carboxylic acids is 3. The summed E-state index contributed by atoms with van der Waals surface area (Å²) in [4.78, 5) is 38.1. The Morgan fingerprint density at radius 1 is 0.303 bits per heavy atom. The van der Waals surface area contributed by atoms with E-state index in [2.05, 4.69) is 118 Å². The van der Waals surface area contributed by atoms with Crippen LogP contribution in [0.4, 0.5) is 0 Å². The van der Waals surface area contributed by atoms with Crippen LogP contribution >= 0.6 is 0 Å². The number of rotatable bonds is 48. The van der Waals surface area contributed by atoms with E-state index in [9.17, 15) is 14.4 Å². The molecule has 0 aliphatic carbocycles. The Morgan fingerprint density at radius 3 is 0.909 bits per heavy atom. The molecule has 0 aromatic heterocycles. The molecule has 6 heteroatoms. The summed E-state index contributed by atoms with van der Waals surface area (Å²) in [6.07, 6.45) is 71.0. The van der Waals surface area contributed by atoms with Crippen molar-refractivity contribution >= 4 is 17.9 Å². The number of carbonyl (C=O) groups is 3. The lowest BCUT2D eigenvalue weighted by Crippen LogP contribution is -2.30. The molecule has 0 N–H and O–H groups in total. The molecular weight excluding hydrogens is 817 g/mol. The minimum absolute atomic E-state index is 0.102. The van der Waals surface area contributed by atoms with Gasteiger partial charge < -0.3 is 14.2 Å². The minimum atomic E-state index is -0.805. The Balaban J connectivity index is 4.49. The maximum absolute atomic E-state index is 12.8. The molecule has 6 nitrogen and oxygen atoms in total. The summed E-state index contributed by atoms with van der Waals surface area (Å²) >= 11 is 0. The third-order valence-corrected chi connectivity index (χ3v) is 11.3. The monoisotopic (exact) mass is 917 g/mol. The van der Waals surface area contributed by atoms with Crippen molar-refractivity contribution in [3.63, 3.8) is 0 Å². The molecule has 0 fully saturated rings. The van der Waals surface area contributed by atoms with Gasteiger partial charge in [-0.3, -0.25) is 14.4 Å². The molecule has 0 saturated heterocycles. The molecular formula is C60H100O6. The SMILES string of the molecule is CCCC/C=C\C/C=C\CCCCCCCC(=O)OC[C@H](COC(=O)CCCCC/C=C\C/C=C\C/C=C\C/C=C\CCCCC)OC(=O)CCCCCCC/C=C\C/C=C\CCCCC. The van der Waals surface area contributed by atoms with Crippen molar-refractivity contribution in [1.29, 1.82) is 0 Å². The Kier molecular flexibility index (Phi) is 50.9. The third-order valence-electron chi connectivity index (χ3n) is 11.3. The van der Waals surface area contributed by atoms with Crippen molar-refractivity contribution in [2.75, 3.05) is 13.2 Å². The van der Waals surface area contributed by atoms with E-state index in [1.54, 1.807) is 0 Å². The van der Waals surface area contributed by atoms with Crippen molar-refractivity contribution in [2.45, 2.75) is 252 Å². The van der Waals surface area contributed by atoms with Crippen LogP contribution < -0.4 is 0 Å². The van der Waals surface area contributed by atoms with Gasteiger partial charge in [-0.25, -0.2) is 0 Å². The molecule has 0 aliphatic rings. The molecule has 0 heterocycles. The lowest BCUT2D eigenvalue weighted by Gasteiger charge is -2.18. The Morgan fingerprint density at radius 2 is 0.561 bits per heavy atom. The summed E-state index contributed by atoms with van der Waals surface area (Å²) in [5.41, 5.74) is 0. The zero-order chi connectivity index (χ0) is 47.9. The molecule has 376 valence electrons. The summed E-state index contributed by atoms with van der Waals surface area (Å²) < 4.78 is 16.8. The number of allylic oxidation sites excluding steroid dienone is 16. The van der Waals surface area contributed by atoms with Crippen LogP contribution in [0.3, 0.4) is 0 Å². The number of ether oxygens (including phenoxy) is 3. The highest BCUT2D eigenvalue weighted by Crippen LogP contribution is 2.13. The fourth-order valence-electron chi connectivity index (χ4n) is 7.12. The lowest BCUT2D eigenvalue weighted by molar-refractivity contribution is -0.167. The quantitative estimate of drug-likeness (QED) is 0.0262. The molecule has 0 aliphatic heterocycles. The van der Waals surface area contributed by atoms with Gasteiger partial charge in [-0.05, 0) is 122 Å². The summed E-state index contributed by atoms with van der Waals surface area (Å²) in [5.74, 6) is -0.961. The average molecular weight is 917 g/mol. The van der Waals surface area contributed by atoms with Gasteiger partial charge in [-0.1, -0.05) is 201 Å². The maximum atomic E-state index is 12.8. The van der Waals surface area contributed by atoms with Gasteiger partial charge in [0.1, 0.15) is 13.2 Å². The highest BCUT2D eigenvalue weighted by Gasteiger charge is 2.19. The first-order chi connectivity index (χ1) is 32.5. The second kappa shape index (κ2) is 53.9. The predicted molar refractivity (Wildman–Crippen MR) is 284 cm³/mol. The topological polar surface area (TPSA) is 78.9 Å². The normalized spacial score (nSPS) is 12.8. The van der Waals surface area contributed by atoms with Crippen molar-refractivity contribution in [3.05, 3.63) is 97.2 Å². The molecule has 0 rings (SSSR count). The van der Waals surface area contributed by atoms with Crippen LogP contribution in [0.1, 0.15) is 245 Å². The van der Waals surface area contributed by atoms with E-state index in [4.69, 9.17) is 14.2 Å². The number of hydrogen-bond acceptors (Lipinski definition) is 6.